The van der Waals surface area contributed by atoms with Gasteiger partial charge in [-0.25, -0.2) is 4.79 Å². The summed E-state index contributed by atoms with van der Waals surface area (Å²) in [5, 5.41) is 18.1. The van der Waals surface area contributed by atoms with Gasteiger partial charge < -0.3 is 10.2 Å². The summed E-state index contributed by atoms with van der Waals surface area (Å²) in [6, 6.07) is 25.2. The van der Waals surface area contributed by atoms with E-state index >= 15 is 0 Å². The molecule has 28 heavy (non-hydrogen) atoms. The normalized spacial score (nSPS) is 11.2. The van der Waals surface area contributed by atoms with Crippen LogP contribution >= 0.6 is 0 Å². The molecule has 0 aliphatic carbocycles. The molecule has 0 bridgehead atoms. The minimum absolute atomic E-state index is 0.291. The molecular weight excluding hydrogens is 348 g/mol. The molecule has 3 heteroatoms. The first-order valence-electron chi connectivity index (χ1n) is 9.61. The molecule has 0 saturated heterocycles. The first kappa shape index (κ1) is 21.4. The predicted molar refractivity (Wildman–Crippen MR) is 114 cm³/mol. The molecule has 3 rings (SSSR count). The van der Waals surface area contributed by atoms with Gasteiger partial charge in [0.1, 0.15) is 0 Å². The van der Waals surface area contributed by atoms with Crippen LogP contribution in [-0.2, 0) is 12.8 Å². The molecule has 0 spiro atoms. The number of benzene rings is 3. The zero-order valence-corrected chi connectivity index (χ0v) is 16.5. The second-order valence-electron chi connectivity index (χ2n) is 6.76. The standard InChI is InChI=1S/C16H16O2.C9H12O/c1-12-4-2-3-5-14(12)9-6-13-7-10-15(11-8-13)16(17)18;1-2-9(10)8-6-4-3-5-7-8/h2-5,7-8,10-11H,6,9H2,1H3,(H,17,18);3-7,9-10H,2H2,1H3. The fourth-order valence-electron chi connectivity index (χ4n) is 2.89. The van der Waals surface area contributed by atoms with Crippen LogP contribution in [0.1, 0.15) is 52.1 Å². The smallest absolute Gasteiger partial charge is 0.335 e. The van der Waals surface area contributed by atoms with Gasteiger partial charge in [-0.1, -0.05) is 73.7 Å². The molecule has 2 N–H and O–H groups in total. The second kappa shape index (κ2) is 11.1. The van der Waals surface area contributed by atoms with E-state index in [9.17, 15) is 9.90 Å². The number of aryl methyl sites for hydroxylation is 3. The van der Waals surface area contributed by atoms with Crippen LogP contribution in [0.5, 0.6) is 0 Å². The van der Waals surface area contributed by atoms with Gasteiger partial charge in [0.2, 0.25) is 0 Å². The molecule has 0 fully saturated rings. The van der Waals surface area contributed by atoms with Crippen LogP contribution in [0.4, 0.5) is 0 Å². The zero-order valence-electron chi connectivity index (χ0n) is 16.5. The molecule has 0 aliphatic heterocycles. The van der Waals surface area contributed by atoms with Gasteiger partial charge in [-0.15, -0.1) is 0 Å². The van der Waals surface area contributed by atoms with Crippen molar-refractivity contribution in [2.45, 2.75) is 39.2 Å². The Hall–Kier alpha value is -2.91. The Morgan fingerprint density at radius 1 is 0.857 bits per heavy atom. The van der Waals surface area contributed by atoms with Crippen molar-refractivity contribution in [3.8, 4) is 0 Å². The van der Waals surface area contributed by atoms with Crippen LogP contribution in [0, 0.1) is 6.92 Å². The first-order chi connectivity index (χ1) is 13.5. The van der Waals surface area contributed by atoms with Crippen molar-refractivity contribution in [2.75, 3.05) is 0 Å². The van der Waals surface area contributed by atoms with Crippen molar-refractivity contribution in [2.24, 2.45) is 0 Å². The van der Waals surface area contributed by atoms with E-state index in [1.165, 1.54) is 16.7 Å². The fraction of sp³-hybridized carbons (Fsp3) is 0.240. The molecule has 0 radical (unpaired) electrons. The molecule has 146 valence electrons. The lowest BCUT2D eigenvalue weighted by molar-refractivity contribution is 0.0697. The lowest BCUT2D eigenvalue weighted by Crippen LogP contribution is -1.97. The van der Waals surface area contributed by atoms with Crippen LogP contribution in [0.25, 0.3) is 0 Å². The van der Waals surface area contributed by atoms with E-state index < -0.39 is 5.97 Å². The number of aromatic carboxylic acids is 1. The Morgan fingerprint density at radius 3 is 2.04 bits per heavy atom. The maximum absolute atomic E-state index is 10.7. The number of carbonyl (C=O) groups is 1. The molecule has 3 aromatic rings. The van der Waals surface area contributed by atoms with E-state index in [0.717, 1.165) is 24.8 Å². The summed E-state index contributed by atoms with van der Waals surface area (Å²) in [6.45, 7) is 4.08. The summed E-state index contributed by atoms with van der Waals surface area (Å²) in [7, 11) is 0. The number of hydrogen-bond donors (Lipinski definition) is 2. The highest BCUT2D eigenvalue weighted by Crippen LogP contribution is 2.14. The third kappa shape index (κ3) is 6.67. The fourth-order valence-corrected chi connectivity index (χ4v) is 2.89. The number of carboxylic acids is 1. The second-order valence-corrected chi connectivity index (χ2v) is 6.76. The van der Waals surface area contributed by atoms with Gasteiger partial charge in [-0.2, -0.15) is 0 Å². The minimum Gasteiger partial charge on any atom is -0.478 e. The van der Waals surface area contributed by atoms with Crippen LogP contribution in [0.2, 0.25) is 0 Å². The van der Waals surface area contributed by atoms with Crippen molar-refractivity contribution < 1.29 is 15.0 Å². The van der Waals surface area contributed by atoms with Gasteiger partial charge in [0.15, 0.2) is 0 Å². The Morgan fingerprint density at radius 2 is 1.46 bits per heavy atom. The van der Waals surface area contributed by atoms with Gasteiger partial charge in [-0.3, -0.25) is 0 Å². The Labute approximate surface area is 167 Å². The first-order valence-corrected chi connectivity index (χ1v) is 9.61. The monoisotopic (exact) mass is 376 g/mol. The van der Waals surface area contributed by atoms with E-state index in [1.54, 1.807) is 12.1 Å². The SMILES string of the molecule is CCC(O)c1ccccc1.Cc1ccccc1CCc1ccc(C(=O)O)cc1. The molecule has 0 aromatic heterocycles. The minimum atomic E-state index is -0.875. The largest absolute Gasteiger partial charge is 0.478 e. The predicted octanol–water partition coefficient (Wildman–Crippen LogP) is 5.61. The van der Waals surface area contributed by atoms with E-state index in [2.05, 4.69) is 25.1 Å². The van der Waals surface area contributed by atoms with Crippen LogP contribution < -0.4 is 0 Å². The summed E-state index contributed by atoms with van der Waals surface area (Å²) in [5.41, 5.74) is 5.17. The molecule has 0 saturated carbocycles. The third-order valence-electron chi connectivity index (χ3n) is 4.72. The van der Waals surface area contributed by atoms with E-state index in [4.69, 9.17) is 5.11 Å². The van der Waals surface area contributed by atoms with Crippen molar-refractivity contribution in [1.29, 1.82) is 0 Å². The lowest BCUT2D eigenvalue weighted by Gasteiger charge is -2.05. The lowest BCUT2D eigenvalue weighted by atomic mass is 10.00. The van der Waals surface area contributed by atoms with Crippen molar-refractivity contribution in [3.63, 3.8) is 0 Å². The summed E-state index contributed by atoms with van der Waals surface area (Å²) < 4.78 is 0. The van der Waals surface area contributed by atoms with E-state index in [-0.39, 0.29) is 6.10 Å². The van der Waals surface area contributed by atoms with Crippen LogP contribution in [0.3, 0.4) is 0 Å². The molecule has 0 aliphatic rings. The third-order valence-corrected chi connectivity index (χ3v) is 4.72. The van der Waals surface area contributed by atoms with Crippen molar-refractivity contribution in [1.82, 2.24) is 0 Å². The number of carboxylic acid groups (broad SMARTS) is 1. The number of hydrogen-bond acceptors (Lipinski definition) is 2. The highest BCUT2D eigenvalue weighted by Gasteiger charge is 2.03. The highest BCUT2D eigenvalue weighted by molar-refractivity contribution is 5.87. The Balaban J connectivity index is 0.000000237. The average molecular weight is 376 g/mol. The number of aliphatic hydroxyl groups is 1. The Kier molecular flexibility index (Phi) is 8.44. The van der Waals surface area contributed by atoms with Gasteiger partial charge in [0, 0.05) is 0 Å². The average Bonchev–Trinajstić information content (AvgIpc) is 2.74. The van der Waals surface area contributed by atoms with Gasteiger partial charge in [0.25, 0.3) is 0 Å². The molecule has 3 aromatic carbocycles. The number of rotatable bonds is 6. The quantitative estimate of drug-likeness (QED) is 0.588. The maximum Gasteiger partial charge on any atom is 0.335 e. The topological polar surface area (TPSA) is 57.5 Å². The van der Waals surface area contributed by atoms with Crippen LogP contribution in [-0.4, -0.2) is 16.2 Å². The molecule has 0 heterocycles. The number of aliphatic hydroxyl groups excluding tert-OH is 1. The Bertz CT molecular complexity index is 854. The molecule has 1 atom stereocenters. The summed E-state index contributed by atoms with van der Waals surface area (Å²) >= 11 is 0. The summed E-state index contributed by atoms with van der Waals surface area (Å²) in [6.07, 6.45) is 2.41. The highest BCUT2D eigenvalue weighted by atomic mass is 16.4. The van der Waals surface area contributed by atoms with E-state index in [0.29, 0.717) is 5.56 Å². The van der Waals surface area contributed by atoms with Gasteiger partial charge in [0.05, 0.1) is 11.7 Å². The maximum atomic E-state index is 10.7. The summed E-state index contributed by atoms with van der Waals surface area (Å²) in [5.74, 6) is -0.875. The van der Waals surface area contributed by atoms with Gasteiger partial charge >= 0.3 is 5.97 Å². The van der Waals surface area contributed by atoms with E-state index in [1.807, 2.05) is 55.5 Å². The molecule has 3 nitrogen and oxygen atoms in total. The van der Waals surface area contributed by atoms with Crippen molar-refractivity contribution >= 4 is 5.97 Å². The molecule has 1 unspecified atom stereocenters. The van der Waals surface area contributed by atoms with Crippen LogP contribution in [0.15, 0.2) is 78.9 Å². The van der Waals surface area contributed by atoms with Crippen molar-refractivity contribution in [3.05, 3.63) is 107 Å². The van der Waals surface area contributed by atoms with Gasteiger partial charge in [-0.05, 0) is 60.6 Å². The molecular formula is C25H28O3. The summed E-state index contributed by atoms with van der Waals surface area (Å²) in [4.78, 5) is 10.7. The zero-order chi connectivity index (χ0) is 20.4. The molecule has 0 amide bonds.